The molecule has 0 bridgehead atoms. The van der Waals surface area contributed by atoms with Gasteiger partial charge in [0.15, 0.2) is 5.82 Å². The summed E-state index contributed by atoms with van der Waals surface area (Å²) in [6.45, 7) is 1.62. The van der Waals surface area contributed by atoms with E-state index in [-0.39, 0.29) is 24.2 Å². The molecule has 1 aromatic carbocycles. The van der Waals surface area contributed by atoms with E-state index in [9.17, 15) is 4.79 Å². The molecule has 1 amide bonds. The van der Waals surface area contributed by atoms with Gasteiger partial charge in [0, 0.05) is 18.2 Å². The van der Waals surface area contributed by atoms with E-state index in [0.29, 0.717) is 22.3 Å². The van der Waals surface area contributed by atoms with Crippen LogP contribution in [0.2, 0.25) is 5.02 Å². The Bertz CT molecular complexity index is 739. The van der Waals surface area contributed by atoms with Gasteiger partial charge < -0.3 is 10.6 Å². The number of nitrogens with one attached hydrogen (secondary N) is 2. The van der Waals surface area contributed by atoms with Crippen LogP contribution in [-0.2, 0) is 4.79 Å². The second kappa shape index (κ2) is 7.04. The molecule has 0 radical (unpaired) electrons. The summed E-state index contributed by atoms with van der Waals surface area (Å²) in [5, 5.41) is 18.6. The lowest BCUT2D eigenvalue weighted by atomic mass is 10.1. The normalized spacial score (nSPS) is 19.8. The summed E-state index contributed by atoms with van der Waals surface area (Å²) in [6, 6.07) is 5.38. The van der Waals surface area contributed by atoms with Crippen LogP contribution in [0.1, 0.15) is 31.0 Å². The number of nitrogens with zero attached hydrogens (tertiary/aromatic N) is 4. The molecule has 1 saturated heterocycles. The van der Waals surface area contributed by atoms with Crippen LogP contribution in [0.5, 0.6) is 0 Å². The number of aromatic nitrogens is 4. The van der Waals surface area contributed by atoms with E-state index in [0.717, 1.165) is 38.2 Å². The number of carbonyl (C=O) groups is 1. The maximum atomic E-state index is 12.3. The number of amides is 1. The minimum Gasteiger partial charge on any atom is -0.326 e. The molecule has 2 fully saturated rings. The lowest BCUT2D eigenvalue weighted by Crippen LogP contribution is -2.24. The summed E-state index contributed by atoms with van der Waals surface area (Å²) in [5.41, 5.74) is 1.40. The molecule has 1 aliphatic carbocycles. The maximum absolute atomic E-state index is 12.3. The highest BCUT2D eigenvalue weighted by atomic mass is 35.5. The van der Waals surface area contributed by atoms with E-state index in [1.807, 2.05) is 6.07 Å². The van der Waals surface area contributed by atoms with Gasteiger partial charge in [-0.05, 0) is 54.4 Å². The van der Waals surface area contributed by atoms with Gasteiger partial charge in [-0.15, -0.1) is 17.5 Å². The number of benzene rings is 1. The minimum absolute atomic E-state index is 0. The molecule has 2 N–H and O–H groups in total. The van der Waals surface area contributed by atoms with E-state index in [2.05, 4.69) is 26.2 Å². The molecule has 1 atom stereocenters. The molecule has 2 aliphatic rings. The van der Waals surface area contributed by atoms with E-state index in [4.69, 9.17) is 11.6 Å². The third kappa shape index (κ3) is 3.38. The van der Waals surface area contributed by atoms with Crippen molar-refractivity contribution in [2.45, 2.75) is 25.2 Å². The first-order chi connectivity index (χ1) is 11.2. The average Bonchev–Trinajstić information content (AvgIpc) is 3.04. The zero-order valence-electron chi connectivity index (χ0n) is 12.9. The molecule has 2 aromatic rings. The zero-order valence-corrected chi connectivity index (χ0v) is 14.5. The van der Waals surface area contributed by atoms with Gasteiger partial charge in [0.2, 0.25) is 5.91 Å². The summed E-state index contributed by atoms with van der Waals surface area (Å²) in [4.78, 5) is 12.3. The van der Waals surface area contributed by atoms with Gasteiger partial charge >= 0.3 is 0 Å². The van der Waals surface area contributed by atoms with Crippen LogP contribution in [0.25, 0.3) is 5.69 Å². The minimum atomic E-state index is 0. The lowest BCUT2D eigenvalue weighted by Gasteiger charge is -2.12. The molecule has 1 saturated carbocycles. The van der Waals surface area contributed by atoms with Crippen molar-refractivity contribution in [3.63, 3.8) is 0 Å². The van der Waals surface area contributed by atoms with Crippen molar-refractivity contribution in [2.24, 2.45) is 5.92 Å². The standard InChI is InChI=1S/C15H17ClN6O.ClH/c16-12-4-3-11(18-15(23)10-5-6-17-8-10)7-13(12)22-14(9-1-2-9)19-20-21-22;/h3-4,7,9-10,17H,1-2,5-6,8H2,(H,18,23);1H. The Morgan fingerprint density at radius 3 is 2.88 bits per heavy atom. The Kier molecular flexibility index (Phi) is 5.03. The summed E-state index contributed by atoms with van der Waals surface area (Å²) < 4.78 is 1.67. The van der Waals surface area contributed by atoms with Crippen molar-refractivity contribution in [1.29, 1.82) is 0 Å². The third-order valence-corrected chi connectivity index (χ3v) is 4.63. The molecule has 1 aliphatic heterocycles. The summed E-state index contributed by atoms with van der Waals surface area (Å²) in [6.07, 6.45) is 3.07. The van der Waals surface area contributed by atoms with Crippen molar-refractivity contribution in [1.82, 2.24) is 25.5 Å². The number of halogens is 2. The van der Waals surface area contributed by atoms with Gasteiger partial charge in [0.05, 0.1) is 16.6 Å². The molecular weight excluding hydrogens is 351 g/mol. The Labute approximate surface area is 150 Å². The molecule has 0 spiro atoms. The van der Waals surface area contributed by atoms with Crippen LogP contribution >= 0.6 is 24.0 Å². The second-order valence-corrected chi connectivity index (χ2v) is 6.48. The molecule has 2 heterocycles. The fourth-order valence-electron chi connectivity index (χ4n) is 2.84. The van der Waals surface area contributed by atoms with Crippen molar-refractivity contribution in [3.05, 3.63) is 29.0 Å². The van der Waals surface area contributed by atoms with Crippen LogP contribution in [0.3, 0.4) is 0 Å². The highest BCUT2D eigenvalue weighted by Crippen LogP contribution is 2.40. The molecule has 4 rings (SSSR count). The Balaban J connectivity index is 0.00000169. The van der Waals surface area contributed by atoms with E-state index in [1.54, 1.807) is 16.8 Å². The van der Waals surface area contributed by atoms with Crippen LogP contribution in [0, 0.1) is 5.92 Å². The quantitative estimate of drug-likeness (QED) is 0.863. The van der Waals surface area contributed by atoms with Gasteiger partial charge in [-0.3, -0.25) is 4.79 Å². The van der Waals surface area contributed by atoms with Gasteiger partial charge in [-0.25, -0.2) is 0 Å². The monoisotopic (exact) mass is 368 g/mol. The van der Waals surface area contributed by atoms with Gasteiger partial charge in [-0.2, -0.15) is 4.68 Å². The smallest absolute Gasteiger partial charge is 0.228 e. The van der Waals surface area contributed by atoms with E-state index in [1.165, 1.54) is 0 Å². The fourth-order valence-corrected chi connectivity index (χ4v) is 3.03. The van der Waals surface area contributed by atoms with E-state index >= 15 is 0 Å². The number of hydrogen-bond acceptors (Lipinski definition) is 5. The molecule has 24 heavy (non-hydrogen) atoms. The first-order valence-corrected chi connectivity index (χ1v) is 8.20. The predicted molar refractivity (Wildman–Crippen MR) is 93.0 cm³/mol. The van der Waals surface area contributed by atoms with Crippen molar-refractivity contribution in [3.8, 4) is 5.69 Å². The Hall–Kier alpha value is -1.70. The topological polar surface area (TPSA) is 84.7 Å². The first-order valence-electron chi connectivity index (χ1n) is 7.82. The molecule has 1 aromatic heterocycles. The molecular formula is C15H18Cl2N6O. The molecule has 1 unspecified atom stereocenters. The SMILES string of the molecule is Cl.O=C(Nc1ccc(Cl)c(-n2nnnc2C2CC2)c1)C1CCNC1. The molecule has 7 nitrogen and oxygen atoms in total. The largest absolute Gasteiger partial charge is 0.326 e. The summed E-state index contributed by atoms with van der Waals surface area (Å²) in [5.74, 6) is 1.28. The van der Waals surface area contributed by atoms with Gasteiger partial charge in [0.25, 0.3) is 0 Å². The first kappa shape index (κ1) is 17.1. The van der Waals surface area contributed by atoms with Crippen molar-refractivity contribution < 1.29 is 4.79 Å². The molecule has 128 valence electrons. The van der Waals surface area contributed by atoms with Crippen LogP contribution in [-0.4, -0.2) is 39.2 Å². The Morgan fingerprint density at radius 2 is 2.17 bits per heavy atom. The number of hydrogen-bond donors (Lipinski definition) is 2. The predicted octanol–water partition coefficient (Wildman–Crippen LogP) is 2.16. The highest BCUT2D eigenvalue weighted by molar-refractivity contribution is 6.32. The summed E-state index contributed by atoms with van der Waals surface area (Å²) in [7, 11) is 0. The number of anilines is 1. The van der Waals surface area contributed by atoms with Crippen LogP contribution in [0.4, 0.5) is 5.69 Å². The van der Waals surface area contributed by atoms with Gasteiger partial charge in [0.1, 0.15) is 0 Å². The van der Waals surface area contributed by atoms with Crippen molar-refractivity contribution >= 4 is 35.6 Å². The average molecular weight is 369 g/mol. The molecule has 9 heteroatoms. The number of tetrazole rings is 1. The lowest BCUT2D eigenvalue weighted by molar-refractivity contribution is -0.119. The fraction of sp³-hybridized carbons (Fsp3) is 0.467. The maximum Gasteiger partial charge on any atom is 0.228 e. The summed E-state index contributed by atoms with van der Waals surface area (Å²) >= 11 is 6.31. The number of rotatable bonds is 4. The highest BCUT2D eigenvalue weighted by Gasteiger charge is 2.30. The Morgan fingerprint density at radius 1 is 1.33 bits per heavy atom. The van der Waals surface area contributed by atoms with Gasteiger partial charge in [-0.1, -0.05) is 11.6 Å². The van der Waals surface area contributed by atoms with E-state index < -0.39 is 0 Å². The number of carbonyl (C=O) groups excluding carboxylic acids is 1. The van der Waals surface area contributed by atoms with Crippen molar-refractivity contribution in [2.75, 3.05) is 18.4 Å². The third-order valence-electron chi connectivity index (χ3n) is 4.31. The van der Waals surface area contributed by atoms with Crippen LogP contribution < -0.4 is 10.6 Å². The zero-order chi connectivity index (χ0) is 15.8. The van der Waals surface area contributed by atoms with Crippen LogP contribution in [0.15, 0.2) is 18.2 Å². The second-order valence-electron chi connectivity index (χ2n) is 6.07.